The molecule has 0 rings (SSSR count). The van der Waals surface area contributed by atoms with Crippen LogP contribution in [0.3, 0.4) is 0 Å². The molecule has 0 radical (unpaired) electrons. The second-order valence-electron chi connectivity index (χ2n) is 2.93. The van der Waals surface area contributed by atoms with E-state index in [0.29, 0.717) is 0 Å². The second-order valence-corrected chi connectivity index (χ2v) is 2.93. The molecule has 0 amide bonds. The molecular weight excluding hydrogens is 132 g/mol. The Balaban J connectivity index is 3.56. The van der Waals surface area contributed by atoms with Crippen molar-refractivity contribution in [1.29, 1.82) is 0 Å². The first-order valence-corrected chi connectivity index (χ1v) is 4.64. The normalized spacial score (nSPS) is 12.8. The topological polar surface area (TPSA) is 0 Å². The number of hydrogen-bond acceptors (Lipinski definition) is 0. The van der Waals surface area contributed by atoms with Gasteiger partial charge in [-0.15, -0.1) is 0 Å². The van der Waals surface area contributed by atoms with Crippen molar-refractivity contribution in [3.05, 3.63) is 23.8 Å². The van der Waals surface area contributed by atoms with Gasteiger partial charge in [-0.25, -0.2) is 0 Å². The molecule has 0 atom stereocenters. The van der Waals surface area contributed by atoms with Gasteiger partial charge in [0.15, 0.2) is 0 Å². The number of allylic oxidation sites excluding steroid dienone is 4. The maximum atomic E-state index is 2.30. The number of unbranched alkanes of at least 4 members (excludes halogenated alkanes) is 2. The van der Waals surface area contributed by atoms with Crippen LogP contribution in [0, 0.1) is 0 Å². The Hall–Kier alpha value is -0.520. The summed E-state index contributed by atoms with van der Waals surface area (Å²) in [5.41, 5.74) is 1.40. The zero-order valence-electron chi connectivity index (χ0n) is 8.06. The maximum Gasteiger partial charge on any atom is -0.0348 e. The minimum atomic E-state index is 1.21. The third kappa shape index (κ3) is 7.38. The summed E-state index contributed by atoms with van der Waals surface area (Å²) in [6.45, 7) is 6.58. The Morgan fingerprint density at radius 3 is 2.27 bits per heavy atom. The monoisotopic (exact) mass is 152 g/mol. The summed E-state index contributed by atoms with van der Waals surface area (Å²) in [4.78, 5) is 0. The molecule has 0 N–H and O–H groups in total. The maximum absolute atomic E-state index is 2.30. The molecular formula is C11H20. The molecule has 0 aliphatic rings. The Morgan fingerprint density at radius 2 is 1.73 bits per heavy atom. The van der Waals surface area contributed by atoms with E-state index in [1.165, 1.54) is 31.3 Å². The summed E-state index contributed by atoms with van der Waals surface area (Å²) < 4.78 is 0. The quantitative estimate of drug-likeness (QED) is 0.520. The van der Waals surface area contributed by atoms with Gasteiger partial charge in [0.25, 0.3) is 0 Å². The minimum absolute atomic E-state index is 1.21. The van der Waals surface area contributed by atoms with Gasteiger partial charge >= 0.3 is 0 Å². The molecule has 0 saturated heterocycles. The fourth-order valence-electron chi connectivity index (χ4n) is 0.876. The Kier molecular flexibility index (Phi) is 7.23. The summed E-state index contributed by atoms with van der Waals surface area (Å²) in [5, 5.41) is 0. The van der Waals surface area contributed by atoms with Gasteiger partial charge in [0.1, 0.15) is 0 Å². The molecule has 0 heteroatoms. The molecule has 0 spiro atoms. The van der Waals surface area contributed by atoms with Gasteiger partial charge in [-0.3, -0.25) is 0 Å². The zero-order valence-corrected chi connectivity index (χ0v) is 8.06. The third-order valence-electron chi connectivity index (χ3n) is 1.59. The average molecular weight is 152 g/mol. The molecule has 0 unspecified atom stereocenters. The van der Waals surface area contributed by atoms with Gasteiger partial charge in [-0.05, 0) is 19.8 Å². The molecule has 0 fully saturated rings. The van der Waals surface area contributed by atoms with Crippen LogP contribution in [0.2, 0.25) is 0 Å². The van der Waals surface area contributed by atoms with Gasteiger partial charge in [0.2, 0.25) is 0 Å². The first-order valence-electron chi connectivity index (χ1n) is 4.64. The molecule has 0 saturated carbocycles. The minimum Gasteiger partial charge on any atom is -0.0843 e. The van der Waals surface area contributed by atoms with Crippen LogP contribution >= 0.6 is 0 Å². The van der Waals surface area contributed by atoms with Crippen LogP contribution in [0.4, 0.5) is 0 Å². The van der Waals surface area contributed by atoms with Gasteiger partial charge < -0.3 is 0 Å². The van der Waals surface area contributed by atoms with E-state index in [2.05, 4.69) is 39.0 Å². The molecule has 0 heterocycles. The Labute approximate surface area is 71.0 Å². The highest BCUT2D eigenvalue weighted by molar-refractivity contribution is 5.15. The summed E-state index contributed by atoms with van der Waals surface area (Å²) in [6, 6.07) is 0. The van der Waals surface area contributed by atoms with Crippen molar-refractivity contribution in [2.45, 2.75) is 46.5 Å². The molecule has 0 aromatic carbocycles. The molecule has 0 aliphatic carbocycles. The standard InChI is InChI=1S/C11H20/c1-4-6-8-10-11(3)9-7-5-2/h8-10H,4-7H2,1-3H3. The molecule has 64 valence electrons. The summed E-state index contributed by atoms with van der Waals surface area (Å²) in [6.07, 6.45) is 11.7. The van der Waals surface area contributed by atoms with Crippen molar-refractivity contribution < 1.29 is 0 Å². The van der Waals surface area contributed by atoms with Crippen molar-refractivity contribution >= 4 is 0 Å². The summed E-state index contributed by atoms with van der Waals surface area (Å²) >= 11 is 0. The molecule has 0 nitrogen and oxygen atoms in total. The first-order chi connectivity index (χ1) is 5.31. The van der Waals surface area contributed by atoms with Crippen molar-refractivity contribution in [3.8, 4) is 0 Å². The van der Waals surface area contributed by atoms with E-state index in [-0.39, 0.29) is 0 Å². The summed E-state index contributed by atoms with van der Waals surface area (Å²) in [5.74, 6) is 0. The van der Waals surface area contributed by atoms with E-state index >= 15 is 0 Å². The molecule has 0 aliphatic heterocycles. The van der Waals surface area contributed by atoms with Gasteiger partial charge in [-0.2, -0.15) is 0 Å². The third-order valence-corrected chi connectivity index (χ3v) is 1.59. The van der Waals surface area contributed by atoms with Crippen LogP contribution in [0.15, 0.2) is 23.8 Å². The van der Waals surface area contributed by atoms with E-state index in [9.17, 15) is 0 Å². The van der Waals surface area contributed by atoms with Crippen molar-refractivity contribution in [3.63, 3.8) is 0 Å². The average Bonchev–Trinajstić information content (AvgIpc) is 2.01. The SMILES string of the molecule is CCCC=CC(C)=CCCC. The number of hydrogen-bond donors (Lipinski definition) is 0. The van der Waals surface area contributed by atoms with Crippen molar-refractivity contribution in [1.82, 2.24) is 0 Å². The lowest BCUT2D eigenvalue weighted by Gasteiger charge is -1.90. The van der Waals surface area contributed by atoms with Crippen LogP contribution < -0.4 is 0 Å². The lowest BCUT2D eigenvalue weighted by atomic mass is 10.2. The lowest BCUT2D eigenvalue weighted by molar-refractivity contribution is 0.946. The van der Waals surface area contributed by atoms with Crippen LogP contribution in [0.25, 0.3) is 0 Å². The highest BCUT2D eigenvalue weighted by Crippen LogP contribution is 2.01. The number of rotatable bonds is 5. The van der Waals surface area contributed by atoms with E-state index in [4.69, 9.17) is 0 Å². The molecule has 0 aromatic rings. The largest absolute Gasteiger partial charge is 0.0843 e. The molecule has 0 bridgehead atoms. The van der Waals surface area contributed by atoms with Crippen molar-refractivity contribution in [2.75, 3.05) is 0 Å². The smallest absolute Gasteiger partial charge is 0.0348 e. The Morgan fingerprint density at radius 1 is 1.09 bits per heavy atom. The van der Waals surface area contributed by atoms with E-state index in [1.807, 2.05) is 0 Å². The summed E-state index contributed by atoms with van der Waals surface area (Å²) in [7, 11) is 0. The predicted octanol–water partition coefficient (Wildman–Crippen LogP) is 4.09. The first kappa shape index (κ1) is 10.5. The van der Waals surface area contributed by atoms with Crippen molar-refractivity contribution in [2.24, 2.45) is 0 Å². The van der Waals surface area contributed by atoms with Crippen LogP contribution in [-0.2, 0) is 0 Å². The van der Waals surface area contributed by atoms with Gasteiger partial charge in [-0.1, -0.05) is 50.5 Å². The van der Waals surface area contributed by atoms with E-state index in [0.717, 1.165) is 0 Å². The van der Waals surface area contributed by atoms with E-state index < -0.39 is 0 Å². The lowest BCUT2D eigenvalue weighted by Crippen LogP contribution is -1.70. The van der Waals surface area contributed by atoms with Gasteiger partial charge in [0.05, 0.1) is 0 Å². The highest BCUT2D eigenvalue weighted by Gasteiger charge is 1.80. The van der Waals surface area contributed by atoms with E-state index in [1.54, 1.807) is 0 Å². The fraction of sp³-hybridized carbons (Fsp3) is 0.636. The predicted molar refractivity (Wildman–Crippen MR) is 52.7 cm³/mol. The van der Waals surface area contributed by atoms with Gasteiger partial charge in [0, 0.05) is 0 Å². The fourth-order valence-corrected chi connectivity index (χ4v) is 0.876. The molecule has 11 heavy (non-hydrogen) atoms. The zero-order chi connectivity index (χ0) is 8.53. The molecule has 0 aromatic heterocycles. The van der Waals surface area contributed by atoms with Crippen LogP contribution in [-0.4, -0.2) is 0 Å². The Bertz CT molecular complexity index is 129. The second kappa shape index (κ2) is 7.59. The van der Waals surface area contributed by atoms with Crippen LogP contribution in [0.5, 0.6) is 0 Å². The highest BCUT2D eigenvalue weighted by atomic mass is 13.9. The van der Waals surface area contributed by atoms with Crippen LogP contribution in [0.1, 0.15) is 46.5 Å².